The molecule has 26 heavy (non-hydrogen) atoms. The van der Waals surface area contributed by atoms with Gasteiger partial charge in [-0.05, 0) is 32.0 Å². The zero-order chi connectivity index (χ0) is 18.9. The smallest absolute Gasteiger partial charge is 0.356 e. The van der Waals surface area contributed by atoms with E-state index >= 15 is 0 Å². The lowest BCUT2D eigenvalue weighted by Crippen LogP contribution is -2.12. The van der Waals surface area contributed by atoms with Crippen molar-refractivity contribution >= 4 is 33.0 Å². The van der Waals surface area contributed by atoms with Crippen molar-refractivity contribution in [3.05, 3.63) is 66.1 Å². The number of nitrogens with zero attached hydrogens (tertiary/aromatic N) is 2. The Morgan fingerprint density at radius 1 is 1.31 bits per heavy atom. The quantitative estimate of drug-likeness (QED) is 0.643. The lowest BCUT2D eigenvalue weighted by Gasteiger charge is -2.08. The van der Waals surface area contributed by atoms with Crippen LogP contribution in [0, 0.1) is 6.92 Å². The zero-order valence-corrected chi connectivity index (χ0v) is 15.3. The molecule has 3 aromatic rings. The first-order chi connectivity index (χ1) is 12.4. The maximum atomic E-state index is 13.0. The van der Waals surface area contributed by atoms with E-state index in [4.69, 9.17) is 4.74 Å². The molecular formula is C19H18N2O4S. The molecule has 0 saturated heterocycles. The van der Waals surface area contributed by atoms with Gasteiger partial charge in [-0.15, -0.1) is 0 Å². The van der Waals surface area contributed by atoms with Crippen molar-refractivity contribution in [1.82, 2.24) is 8.96 Å². The first-order valence-electron chi connectivity index (χ1n) is 8.01. The number of fused-ring (bicyclic) bond motifs is 1. The number of aromatic nitrogens is 2. The van der Waals surface area contributed by atoms with Crippen LogP contribution in [0.1, 0.15) is 28.5 Å². The fraction of sp³-hybridized carbons (Fsp3) is 0.158. The van der Waals surface area contributed by atoms with Crippen molar-refractivity contribution in [2.24, 2.45) is 0 Å². The van der Waals surface area contributed by atoms with Gasteiger partial charge in [-0.25, -0.2) is 22.2 Å². The molecule has 3 rings (SSSR count). The maximum Gasteiger partial charge on any atom is 0.356 e. The van der Waals surface area contributed by atoms with Crippen LogP contribution in [0.15, 0.2) is 54.2 Å². The normalized spacial score (nSPS) is 11.5. The molecule has 0 aliphatic rings. The van der Waals surface area contributed by atoms with E-state index in [1.807, 2.05) is 6.92 Å². The van der Waals surface area contributed by atoms with Gasteiger partial charge in [0.15, 0.2) is 0 Å². The van der Waals surface area contributed by atoms with Crippen LogP contribution in [0.3, 0.4) is 0 Å². The van der Waals surface area contributed by atoms with Gasteiger partial charge >= 0.3 is 5.97 Å². The minimum Gasteiger partial charge on any atom is -0.461 e. The standard InChI is InChI=1S/C19H18N2O4S/c1-4-14-12-21(26(23,24)15-8-6-13(3)7-9-15)18-11-20-17(10-16(14)18)19(22)25-5-2/h4,6-12H,1,5H2,2-3H3. The summed E-state index contributed by atoms with van der Waals surface area (Å²) in [5.41, 5.74) is 2.04. The zero-order valence-electron chi connectivity index (χ0n) is 14.5. The molecule has 0 amide bonds. The van der Waals surface area contributed by atoms with Crippen LogP contribution in [0.4, 0.5) is 0 Å². The van der Waals surface area contributed by atoms with Crippen LogP contribution in [0.25, 0.3) is 17.0 Å². The van der Waals surface area contributed by atoms with Gasteiger partial charge in [0, 0.05) is 17.1 Å². The predicted molar refractivity (Wildman–Crippen MR) is 99.5 cm³/mol. The molecule has 7 heteroatoms. The van der Waals surface area contributed by atoms with E-state index in [0.29, 0.717) is 16.5 Å². The number of esters is 1. The Bertz CT molecular complexity index is 1100. The summed E-state index contributed by atoms with van der Waals surface area (Å²) in [5.74, 6) is -0.557. The number of hydrogen-bond donors (Lipinski definition) is 0. The largest absolute Gasteiger partial charge is 0.461 e. The van der Waals surface area contributed by atoms with Crippen LogP contribution < -0.4 is 0 Å². The van der Waals surface area contributed by atoms with Crippen LogP contribution in [-0.2, 0) is 14.8 Å². The predicted octanol–water partition coefficient (Wildman–Crippen LogP) is 3.40. The van der Waals surface area contributed by atoms with E-state index in [1.165, 1.54) is 18.5 Å². The molecular weight excluding hydrogens is 352 g/mol. The fourth-order valence-electron chi connectivity index (χ4n) is 2.62. The highest BCUT2D eigenvalue weighted by Gasteiger charge is 2.22. The first kappa shape index (κ1) is 17.9. The molecule has 0 aliphatic heterocycles. The number of hydrogen-bond acceptors (Lipinski definition) is 5. The van der Waals surface area contributed by atoms with Crippen LogP contribution in [0.5, 0.6) is 0 Å². The van der Waals surface area contributed by atoms with Crippen LogP contribution in [0.2, 0.25) is 0 Å². The van der Waals surface area contributed by atoms with Crippen molar-refractivity contribution in [2.75, 3.05) is 6.61 Å². The summed E-state index contributed by atoms with van der Waals surface area (Å²) < 4.78 is 32.1. The molecule has 2 heterocycles. The first-order valence-corrected chi connectivity index (χ1v) is 9.45. The van der Waals surface area contributed by atoms with Crippen molar-refractivity contribution in [3.63, 3.8) is 0 Å². The highest BCUT2D eigenvalue weighted by atomic mass is 32.2. The monoisotopic (exact) mass is 370 g/mol. The van der Waals surface area contributed by atoms with E-state index in [9.17, 15) is 13.2 Å². The minimum absolute atomic E-state index is 0.118. The Hall–Kier alpha value is -2.93. The van der Waals surface area contributed by atoms with E-state index < -0.39 is 16.0 Å². The number of carbonyl (C=O) groups excluding carboxylic acids is 1. The van der Waals surface area contributed by atoms with Gasteiger partial charge in [-0.1, -0.05) is 30.4 Å². The average molecular weight is 370 g/mol. The molecule has 2 aromatic heterocycles. The Morgan fingerprint density at radius 2 is 2.00 bits per heavy atom. The van der Waals surface area contributed by atoms with Crippen molar-refractivity contribution in [1.29, 1.82) is 0 Å². The Morgan fingerprint density at radius 3 is 2.62 bits per heavy atom. The molecule has 1 aromatic carbocycles. The van der Waals surface area contributed by atoms with Gasteiger partial charge in [-0.2, -0.15) is 0 Å². The third kappa shape index (κ3) is 3.01. The number of benzene rings is 1. The molecule has 0 bridgehead atoms. The van der Waals surface area contributed by atoms with E-state index in [0.717, 1.165) is 9.54 Å². The van der Waals surface area contributed by atoms with Gasteiger partial charge in [-0.3, -0.25) is 0 Å². The summed E-state index contributed by atoms with van der Waals surface area (Å²) in [6.45, 7) is 7.55. The topological polar surface area (TPSA) is 78.3 Å². The summed E-state index contributed by atoms with van der Waals surface area (Å²) in [5, 5.41) is 0.564. The summed E-state index contributed by atoms with van der Waals surface area (Å²) in [6, 6.07) is 8.12. The molecule has 0 spiro atoms. The lowest BCUT2D eigenvalue weighted by atomic mass is 10.2. The van der Waals surface area contributed by atoms with E-state index in [-0.39, 0.29) is 17.2 Å². The Kier molecular flexibility index (Phi) is 4.65. The third-order valence-corrected chi connectivity index (χ3v) is 5.66. The van der Waals surface area contributed by atoms with E-state index in [1.54, 1.807) is 37.3 Å². The number of carbonyl (C=O) groups is 1. The van der Waals surface area contributed by atoms with Crippen molar-refractivity contribution in [3.8, 4) is 0 Å². The molecule has 0 radical (unpaired) electrons. The summed E-state index contributed by atoms with van der Waals surface area (Å²) in [7, 11) is -3.80. The second-order valence-electron chi connectivity index (χ2n) is 5.71. The van der Waals surface area contributed by atoms with Crippen LogP contribution in [-0.4, -0.2) is 30.0 Å². The Balaban J connectivity index is 2.19. The fourth-order valence-corrected chi connectivity index (χ4v) is 3.99. The van der Waals surface area contributed by atoms with Crippen molar-refractivity contribution < 1.29 is 17.9 Å². The molecule has 0 saturated carbocycles. The number of ether oxygens (including phenoxy) is 1. The number of pyridine rings is 1. The average Bonchev–Trinajstić information content (AvgIpc) is 3.01. The van der Waals surface area contributed by atoms with E-state index in [2.05, 4.69) is 11.6 Å². The second kappa shape index (κ2) is 6.76. The summed E-state index contributed by atoms with van der Waals surface area (Å²) >= 11 is 0. The maximum absolute atomic E-state index is 13.0. The van der Waals surface area contributed by atoms with Gasteiger partial charge < -0.3 is 4.74 Å². The molecule has 0 fully saturated rings. The molecule has 134 valence electrons. The lowest BCUT2D eigenvalue weighted by molar-refractivity contribution is 0.0519. The number of aryl methyl sites for hydroxylation is 1. The SMILES string of the molecule is C=Cc1cn(S(=O)(=O)c2ccc(C)cc2)c2cnc(C(=O)OCC)cc12. The molecule has 0 atom stereocenters. The van der Waals surface area contributed by atoms with Gasteiger partial charge in [0.2, 0.25) is 0 Å². The highest BCUT2D eigenvalue weighted by molar-refractivity contribution is 7.90. The van der Waals surface area contributed by atoms with Crippen molar-refractivity contribution in [2.45, 2.75) is 18.7 Å². The Labute approximate surface area is 151 Å². The number of rotatable bonds is 5. The van der Waals surface area contributed by atoms with Crippen LogP contribution >= 0.6 is 0 Å². The second-order valence-corrected chi connectivity index (χ2v) is 7.52. The molecule has 0 aliphatic carbocycles. The molecule has 0 N–H and O–H groups in total. The highest BCUT2D eigenvalue weighted by Crippen LogP contribution is 2.27. The van der Waals surface area contributed by atoms with Gasteiger partial charge in [0.05, 0.1) is 23.2 Å². The summed E-state index contributed by atoms with van der Waals surface area (Å²) in [4.78, 5) is 16.1. The molecule has 0 unspecified atom stereocenters. The molecule has 6 nitrogen and oxygen atoms in total. The third-order valence-electron chi connectivity index (χ3n) is 3.97. The van der Waals surface area contributed by atoms with Gasteiger partial charge in [0.25, 0.3) is 10.0 Å². The minimum atomic E-state index is -3.80. The van der Waals surface area contributed by atoms with Gasteiger partial charge in [0.1, 0.15) is 5.69 Å². The summed E-state index contributed by atoms with van der Waals surface area (Å²) in [6.07, 6.45) is 4.38.